The van der Waals surface area contributed by atoms with Crippen LogP contribution in [0.1, 0.15) is 27.2 Å². The van der Waals surface area contributed by atoms with Crippen molar-refractivity contribution in [2.75, 3.05) is 0 Å². The van der Waals surface area contributed by atoms with E-state index in [0.29, 0.717) is 10.3 Å². The van der Waals surface area contributed by atoms with E-state index in [0.717, 1.165) is 11.9 Å². The summed E-state index contributed by atoms with van der Waals surface area (Å²) in [7, 11) is -0.481. The summed E-state index contributed by atoms with van der Waals surface area (Å²) in [5.74, 6) is 0. The fraction of sp³-hybridized carbons (Fsp3) is 0.545. The van der Waals surface area contributed by atoms with Crippen LogP contribution in [0.25, 0.3) is 0 Å². The molecule has 1 aliphatic rings. The number of aromatic nitrogens is 1. The monoisotopic (exact) mass is 273 g/mol. The summed E-state index contributed by atoms with van der Waals surface area (Å²) in [6, 6.07) is 3.47. The molecule has 92 valence electrons. The van der Waals surface area contributed by atoms with Gasteiger partial charge in [-0.25, -0.2) is 4.98 Å². The lowest BCUT2D eigenvalue weighted by atomic mass is 9.76. The summed E-state index contributed by atoms with van der Waals surface area (Å²) in [6.07, 6.45) is 0.970. The molecular weight excluding hydrogens is 260 g/mol. The number of pyridine rings is 1. The predicted octanol–water partition coefficient (Wildman–Crippen LogP) is 2.69. The molecule has 17 heavy (non-hydrogen) atoms. The zero-order chi connectivity index (χ0) is 12.6. The minimum Gasteiger partial charge on any atom is -0.405 e. The van der Waals surface area contributed by atoms with E-state index < -0.39 is 7.12 Å². The van der Waals surface area contributed by atoms with E-state index in [1.54, 1.807) is 12.1 Å². The van der Waals surface area contributed by atoms with Crippen molar-refractivity contribution < 1.29 is 9.31 Å². The minimum absolute atomic E-state index is 0.121. The third-order valence-corrected chi connectivity index (χ3v) is 3.17. The fourth-order valence-corrected chi connectivity index (χ4v) is 2.49. The minimum atomic E-state index is -0.481. The van der Waals surface area contributed by atoms with Crippen LogP contribution in [0.2, 0.25) is 10.3 Å². The second kappa shape index (κ2) is 4.77. The molecule has 0 bridgehead atoms. The molecule has 2 heterocycles. The smallest absolute Gasteiger partial charge is 0.405 e. The van der Waals surface area contributed by atoms with Gasteiger partial charge in [-0.2, -0.15) is 0 Å². The van der Waals surface area contributed by atoms with E-state index in [1.165, 1.54) is 0 Å². The highest BCUT2D eigenvalue weighted by Gasteiger charge is 2.39. The molecule has 1 aromatic heterocycles. The summed E-state index contributed by atoms with van der Waals surface area (Å²) in [4.78, 5) is 3.99. The van der Waals surface area contributed by atoms with E-state index >= 15 is 0 Å². The first-order chi connectivity index (χ1) is 7.87. The third kappa shape index (κ3) is 3.13. The van der Waals surface area contributed by atoms with Crippen LogP contribution < -0.4 is 5.46 Å². The summed E-state index contributed by atoms with van der Waals surface area (Å²) in [6.45, 7) is 6.10. The quantitative estimate of drug-likeness (QED) is 0.582. The molecule has 0 aliphatic carbocycles. The molecule has 0 aromatic carbocycles. The Morgan fingerprint density at radius 2 is 2.12 bits per heavy atom. The van der Waals surface area contributed by atoms with Crippen molar-refractivity contribution in [3.63, 3.8) is 0 Å². The van der Waals surface area contributed by atoms with Crippen LogP contribution in [0.4, 0.5) is 0 Å². The average Bonchev–Trinajstić information content (AvgIpc) is 2.13. The maximum Gasteiger partial charge on any atom is 0.497 e. The first-order valence-corrected chi connectivity index (χ1v) is 6.28. The highest BCUT2D eigenvalue weighted by atomic mass is 35.5. The van der Waals surface area contributed by atoms with Gasteiger partial charge in [-0.15, -0.1) is 0 Å². The highest BCUT2D eigenvalue weighted by Crippen LogP contribution is 2.26. The lowest BCUT2D eigenvalue weighted by Gasteiger charge is -2.38. The molecule has 3 nitrogen and oxygen atoms in total. The Bertz CT molecular complexity index is 428. The van der Waals surface area contributed by atoms with E-state index in [4.69, 9.17) is 32.5 Å². The molecule has 0 amide bonds. The Labute approximate surface area is 112 Å². The van der Waals surface area contributed by atoms with Crippen LogP contribution in [0.15, 0.2) is 12.1 Å². The van der Waals surface area contributed by atoms with Crippen molar-refractivity contribution >= 4 is 35.8 Å². The summed E-state index contributed by atoms with van der Waals surface area (Å²) in [5.41, 5.74) is 0.487. The van der Waals surface area contributed by atoms with Gasteiger partial charge in [-0.05, 0) is 33.3 Å². The van der Waals surface area contributed by atoms with Crippen molar-refractivity contribution in [3.05, 3.63) is 22.4 Å². The highest BCUT2D eigenvalue weighted by molar-refractivity contribution is 6.65. The van der Waals surface area contributed by atoms with Crippen LogP contribution in [0.5, 0.6) is 0 Å². The Balaban J connectivity index is 2.27. The average molecular weight is 274 g/mol. The van der Waals surface area contributed by atoms with Crippen molar-refractivity contribution in [2.45, 2.75) is 38.9 Å². The van der Waals surface area contributed by atoms with Crippen molar-refractivity contribution in [2.24, 2.45) is 0 Å². The lowest BCUT2D eigenvalue weighted by Crippen LogP contribution is -2.52. The second-order valence-corrected chi connectivity index (χ2v) is 5.62. The van der Waals surface area contributed by atoms with Crippen molar-refractivity contribution in [3.8, 4) is 0 Å². The topological polar surface area (TPSA) is 31.4 Å². The van der Waals surface area contributed by atoms with Crippen LogP contribution >= 0.6 is 23.2 Å². The number of rotatable bonds is 1. The van der Waals surface area contributed by atoms with Gasteiger partial charge in [0.2, 0.25) is 0 Å². The summed E-state index contributed by atoms with van der Waals surface area (Å²) in [5, 5.41) is 0.689. The van der Waals surface area contributed by atoms with Gasteiger partial charge in [0, 0.05) is 11.6 Å². The molecule has 1 aliphatic heterocycles. The standard InChI is InChI=1S/C11H14BCl2NO2/c1-7-6-11(2,3)17-12(16-7)8-4-5-9(13)15-10(8)14/h4-5,7H,6H2,1-3H3. The van der Waals surface area contributed by atoms with Crippen LogP contribution in [0.3, 0.4) is 0 Å². The molecule has 1 atom stereocenters. The number of nitrogens with zero attached hydrogens (tertiary/aromatic N) is 1. The molecule has 0 N–H and O–H groups in total. The zero-order valence-electron chi connectivity index (χ0n) is 10.0. The molecule has 0 radical (unpaired) electrons. The van der Waals surface area contributed by atoms with Crippen LogP contribution in [-0.2, 0) is 9.31 Å². The van der Waals surface area contributed by atoms with Crippen LogP contribution in [-0.4, -0.2) is 23.8 Å². The predicted molar refractivity (Wildman–Crippen MR) is 70.0 cm³/mol. The first kappa shape index (κ1) is 13.2. The molecule has 1 fully saturated rings. The van der Waals surface area contributed by atoms with E-state index in [-0.39, 0.29) is 11.7 Å². The molecule has 1 unspecified atom stereocenters. The zero-order valence-corrected chi connectivity index (χ0v) is 11.5. The first-order valence-electron chi connectivity index (χ1n) is 5.52. The summed E-state index contributed by atoms with van der Waals surface area (Å²) < 4.78 is 11.6. The van der Waals surface area contributed by atoms with E-state index in [1.807, 2.05) is 20.8 Å². The van der Waals surface area contributed by atoms with Crippen molar-refractivity contribution in [1.82, 2.24) is 4.98 Å². The van der Waals surface area contributed by atoms with Gasteiger partial charge in [0.15, 0.2) is 0 Å². The molecule has 6 heteroatoms. The fourth-order valence-electron chi connectivity index (χ4n) is 2.05. The molecule has 2 rings (SSSR count). The van der Waals surface area contributed by atoms with Gasteiger partial charge in [0.1, 0.15) is 10.3 Å². The number of halogens is 2. The molecular formula is C11H14BCl2NO2. The second-order valence-electron chi connectivity index (χ2n) is 4.87. The third-order valence-electron chi connectivity index (χ3n) is 2.66. The van der Waals surface area contributed by atoms with Gasteiger partial charge in [-0.1, -0.05) is 29.3 Å². The van der Waals surface area contributed by atoms with Gasteiger partial charge >= 0.3 is 7.12 Å². The van der Waals surface area contributed by atoms with Gasteiger partial charge in [-0.3, -0.25) is 0 Å². The molecule has 1 saturated heterocycles. The largest absolute Gasteiger partial charge is 0.497 e. The lowest BCUT2D eigenvalue weighted by molar-refractivity contribution is -0.0229. The Hall–Kier alpha value is -0.285. The number of hydrogen-bond donors (Lipinski definition) is 0. The van der Waals surface area contributed by atoms with Gasteiger partial charge in [0.25, 0.3) is 0 Å². The maximum atomic E-state index is 6.05. The van der Waals surface area contributed by atoms with E-state index in [2.05, 4.69) is 4.98 Å². The Morgan fingerprint density at radius 1 is 1.41 bits per heavy atom. The normalized spacial score (nSPS) is 23.8. The van der Waals surface area contributed by atoms with Gasteiger partial charge in [0.05, 0.1) is 5.60 Å². The number of hydrogen-bond acceptors (Lipinski definition) is 3. The summed E-state index contributed by atoms with van der Waals surface area (Å²) >= 11 is 11.8. The Kier molecular flexibility index (Phi) is 3.69. The van der Waals surface area contributed by atoms with E-state index in [9.17, 15) is 0 Å². The molecule has 1 aromatic rings. The SMILES string of the molecule is CC1CC(C)(C)OB(c2ccc(Cl)nc2Cl)O1. The molecule has 0 saturated carbocycles. The molecule has 0 spiro atoms. The Morgan fingerprint density at radius 3 is 2.71 bits per heavy atom. The van der Waals surface area contributed by atoms with Gasteiger partial charge < -0.3 is 9.31 Å². The van der Waals surface area contributed by atoms with Crippen molar-refractivity contribution in [1.29, 1.82) is 0 Å². The maximum absolute atomic E-state index is 6.05. The van der Waals surface area contributed by atoms with Crippen LogP contribution in [0, 0.1) is 0 Å².